The Hall–Kier alpha value is -9.08. The second-order valence-electron chi connectivity index (χ2n) is 26.2. The third-order valence-corrected chi connectivity index (χ3v) is 17.0. The van der Waals surface area contributed by atoms with Crippen molar-refractivity contribution in [3.63, 3.8) is 0 Å². The summed E-state index contributed by atoms with van der Waals surface area (Å²) in [4.78, 5) is 109. The third kappa shape index (κ3) is 18.0. The molecule has 6 amide bonds. The van der Waals surface area contributed by atoms with Crippen molar-refractivity contribution in [2.24, 2.45) is 11.3 Å². The maximum Gasteiger partial charge on any atom is 0.411 e. The molecule has 1 fully saturated rings. The van der Waals surface area contributed by atoms with E-state index in [4.69, 9.17) is 14.2 Å². The molecule has 1 aromatic heterocycles. The topological polar surface area (TPSA) is 363 Å². The van der Waals surface area contributed by atoms with Crippen LogP contribution >= 0.6 is 0 Å². The van der Waals surface area contributed by atoms with Crippen LogP contribution in [0, 0.1) is 11.3 Å². The zero-order valence-corrected chi connectivity index (χ0v) is 55.8. The molecule has 10 N–H and O–H groups in total. The molecule has 26 heteroatoms. The van der Waals surface area contributed by atoms with Gasteiger partial charge in [0.05, 0.1) is 30.0 Å². The average Bonchev–Trinajstić information content (AvgIpc) is 1.69. The second kappa shape index (κ2) is 31.9. The summed E-state index contributed by atoms with van der Waals surface area (Å²) in [6, 6.07) is 24.2. The van der Waals surface area contributed by atoms with Gasteiger partial charge in [0.15, 0.2) is 6.10 Å². The van der Waals surface area contributed by atoms with Crippen LogP contribution < -0.4 is 36.2 Å². The van der Waals surface area contributed by atoms with E-state index >= 15 is 0 Å². The predicted molar refractivity (Wildman–Crippen MR) is 352 cm³/mol. The van der Waals surface area contributed by atoms with Crippen molar-refractivity contribution in [2.75, 3.05) is 30.9 Å². The Morgan fingerprint density at radius 1 is 0.789 bits per heavy atom. The van der Waals surface area contributed by atoms with Gasteiger partial charge in [-0.15, -0.1) is 5.10 Å². The van der Waals surface area contributed by atoms with Crippen LogP contribution in [-0.4, -0.2) is 162 Å². The van der Waals surface area contributed by atoms with Gasteiger partial charge in [0.2, 0.25) is 35.8 Å². The molecule has 0 spiro atoms. The van der Waals surface area contributed by atoms with Gasteiger partial charge in [-0.25, -0.2) is 19.1 Å². The van der Waals surface area contributed by atoms with Gasteiger partial charge in [-0.3, -0.25) is 29.3 Å². The number of hydrogen-bond acceptors (Lipinski definition) is 17. The van der Waals surface area contributed by atoms with Crippen molar-refractivity contribution >= 4 is 58.9 Å². The number of unbranched alkanes of at least 4 members (excludes halogenated alkanes) is 1. The maximum absolute atomic E-state index is 14.3. The Balaban J connectivity index is 0.953. The number of amides is 6. The lowest BCUT2D eigenvalue weighted by atomic mass is 9.76. The molecular weight excluding hydrogens is 1220 g/mol. The Kier molecular flexibility index (Phi) is 24.6. The van der Waals surface area contributed by atoms with Gasteiger partial charge in [-0.1, -0.05) is 120 Å². The number of fused-ring (bicyclic) bond motifs is 5. The van der Waals surface area contributed by atoms with Crippen molar-refractivity contribution in [3.8, 4) is 28.3 Å². The summed E-state index contributed by atoms with van der Waals surface area (Å²) in [5.74, 6) is -4.79. The minimum atomic E-state index is -1.99. The summed E-state index contributed by atoms with van der Waals surface area (Å²) in [7, 11) is 3.20. The number of aliphatic hydroxyl groups is 3. The first-order valence-corrected chi connectivity index (χ1v) is 31.7. The molecule has 0 aliphatic carbocycles. The Morgan fingerprint density at radius 2 is 1.46 bits per heavy atom. The van der Waals surface area contributed by atoms with Crippen molar-refractivity contribution in [3.05, 3.63) is 125 Å². The number of aliphatic hydroxyl groups excluding tert-OH is 3. The highest BCUT2D eigenvalue weighted by Gasteiger charge is 2.49. The highest BCUT2D eigenvalue weighted by molar-refractivity contribution is 6.00. The molecule has 26 nitrogen and oxygen atoms in total. The van der Waals surface area contributed by atoms with Crippen LogP contribution in [-0.2, 0) is 68.1 Å². The number of nitrogens with one attached hydrogen (secondary N) is 5. The highest BCUT2D eigenvalue weighted by atomic mass is 16.7. The summed E-state index contributed by atoms with van der Waals surface area (Å²) in [6.45, 7) is 18.1. The van der Waals surface area contributed by atoms with Gasteiger partial charge < -0.3 is 70.8 Å². The van der Waals surface area contributed by atoms with E-state index in [2.05, 4.69) is 36.9 Å². The number of carboxylic acid groups (broad SMARTS) is 2. The summed E-state index contributed by atoms with van der Waals surface area (Å²) >= 11 is 0. The summed E-state index contributed by atoms with van der Waals surface area (Å²) < 4.78 is 18.8. The van der Waals surface area contributed by atoms with Gasteiger partial charge >= 0.3 is 18.0 Å². The maximum atomic E-state index is 14.3. The van der Waals surface area contributed by atoms with Crippen LogP contribution in [0.15, 0.2) is 103 Å². The van der Waals surface area contributed by atoms with Crippen molar-refractivity contribution < 1.29 is 78.1 Å². The summed E-state index contributed by atoms with van der Waals surface area (Å²) in [6.07, 6.45) is -8.11. The third-order valence-electron chi connectivity index (χ3n) is 17.0. The standard InChI is InChI=1S/C69H90N10O16/c1-38(2)49(32-40(5)64(88)89)77(12)63(87)61(68(6,7)8)74-62(86)60(70-11)69(9,10)44-21-19-22-45(34-44)73-67(92)93-37-41-28-29-50(94-66-58(85)56(83)57(84)59(95-66)65(90)91)43(33-41)35-72-52(81)30-31-71-51(80)26-17-18-27-53(82)78-36-42-20-13-14-23-46(42)55-54(75-76-79(55)39(3)4)47-24-15-16-25-48(47)78/h13-16,19-25,28-29,32-34,38-39,49,56-61,66,70,83-85H,17-18,26-27,30-31,35-37H2,1-12H3,(H,71,80)(H,72,81)(H,73,92)(H,74,86)(H,88,89)(H,90,91)/b40-32+. The van der Waals surface area contributed by atoms with Crippen LogP contribution in [0.2, 0.25) is 0 Å². The Labute approximate surface area is 552 Å². The summed E-state index contributed by atoms with van der Waals surface area (Å²) in [5, 5.41) is 74.2. The number of aliphatic carboxylic acids is 2. The first kappa shape index (κ1) is 73.3. The van der Waals surface area contributed by atoms with Crippen LogP contribution in [0.3, 0.4) is 0 Å². The number of ether oxygens (including phenoxy) is 3. The molecule has 4 aromatic carbocycles. The molecule has 2 aliphatic heterocycles. The van der Waals surface area contributed by atoms with E-state index in [9.17, 15) is 63.9 Å². The number of carboxylic acids is 2. The number of carbonyl (C=O) groups is 8. The van der Waals surface area contributed by atoms with Crippen LogP contribution in [0.4, 0.5) is 16.2 Å². The van der Waals surface area contributed by atoms with E-state index in [1.54, 1.807) is 43.3 Å². The van der Waals surface area contributed by atoms with Crippen molar-refractivity contribution in [2.45, 2.75) is 181 Å². The molecule has 7 rings (SSSR count). The molecule has 1 saturated heterocycles. The van der Waals surface area contributed by atoms with Crippen LogP contribution in [0.25, 0.3) is 22.5 Å². The molecule has 3 heterocycles. The zero-order chi connectivity index (χ0) is 69.8. The predicted octanol–water partition coefficient (Wildman–Crippen LogP) is 6.35. The number of nitrogens with zero attached hydrogens (tertiary/aromatic N) is 5. The van der Waals surface area contributed by atoms with Gasteiger partial charge in [0.1, 0.15) is 42.4 Å². The molecule has 95 heavy (non-hydrogen) atoms. The first-order valence-electron chi connectivity index (χ1n) is 31.7. The van der Waals surface area contributed by atoms with Crippen LogP contribution in [0.1, 0.15) is 130 Å². The van der Waals surface area contributed by atoms with E-state index in [1.807, 2.05) is 116 Å². The van der Waals surface area contributed by atoms with Crippen molar-refractivity contribution in [1.82, 2.24) is 41.2 Å². The van der Waals surface area contributed by atoms with Gasteiger partial charge in [-0.2, -0.15) is 0 Å². The number of likely N-dealkylation sites (N-methyl/N-ethyl adjacent to an activating group) is 2. The average molecular weight is 1320 g/mol. The minimum absolute atomic E-state index is 0.0386. The SMILES string of the molecule is CNC(C(=O)NC(C(=O)N(C)C(/C=C(\C)C(=O)O)C(C)C)C(C)(C)C)C(C)(C)c1cccc(NC(=O)OCc2ccc(OC3OC(C(=O)O)C(O)C(O)C3O)c(CNC(=O)CCNC(=O)CCCCC(=O)N3Cc4ccccc4-c4c(nnn4C(C)C)-c4ccccc43)c2)c1. The number of aromatic nitrogens is 3. The second-order valence-corrected chi connectivity index (χ2v) is 26.2. The molecule has 5 aromatic rings. The zero-order valence-electron chi connectivity index (χ0n) is 55.8. The first-order chi connectivity index (χ1) is 44.8. The van der Waals surface area contributed by atoms with Crippen molar-refractivity contribution in [1.29, 1.82) is 0 Å². The van der Waals surface area contributed by atoms with Crippen LogP contribution in [0.5, 0.6) is 5.75 Å². The molecule has 0 saturated carbocycles. The lowest BCUT2D eigenvalue weighted by Crippen LogP contribution is -2.61. The van der Waals surface area contributed by atoms with E-state index in [0.717, 1.165) is 22.4 Å². The number of para-hydroxylation sites is 1. The largest absolute Gasteiger partial charge is 0.479 e. The van der Waals surface area contributed by atoms with E-state index in [1.165, 1.54) is 36.1 Å². The van der Waals surface area contributed by atoms with E-state index < -0.39 is 95.4 Å². The number of rotatable bonds is 27. The molecule has 512 valence electrons. The highest BCUT2D eigenvalue weighted by Crippen LogP contribution is 2.42. The Bertz CT molecular complexity index is 3630. The fraction of sp³-hybridized carbons (Fsp3) is 0.478. The van der Waals surface area contributed by atoms with Gasteiger partial charge in [-0.05, 0) is 99.0 Å². The van der Waals surface area contributed by atoms with Gasteiger partial charge in [0.25, 0.3) is 0 Å². The number of carbonyl (C=O) groups excluding carboxylic acids is 6. The molecule has 8 unspecified atom stereocenters. The molecule has 2 aliphatic rings. The fourth-order valence-corrected chi connectivity index (χ4v) is 11.6. The summed E-state index contributed by atoms with van der Waals surface area (Å²) in [5.41, 5.74) is 4.80. The minimum Gasteiger partial charge on any atom is -0.479 e. The lowest BCUT2D eigenvalue weighted by molar-refractivity contribution is -0.271. The molecular formula is C69H90N10O16. The smallest absolute Gasteiger partial charge is 0.411 e. The quantitative estimate of drug-likeness (QED) is 0.0202. The number of anilines is 2. The Morgan fingerprint density at radius 3 is 2.13 bits per heavy atom. The molecule has 0 bridgehead atoms. The number of benzene rings is 4. The lowest BCUT2D eigenvalue weighted by Gasteiger charge is -2.40. The monoisotopic (exact) mass is 1310 g/mol. The number of hydrogen-bond donors (Lipinski definition) is 10. The van der Waals surface area contributed by atoms with Gasteiger partial charge in [0, 0.05) is 78.8 Å². The normalized spacial score (nSPS) is 18.1. The fourth-order valence-electron chi connectivity index (χ4n) is 11.6. The molecule has 0 radical (unpaired) electrons. The van der Waals surface area contributed by atoms with E-state index in [0.29, 0.717) is 47.6 Å². The van der Waals surface area contributed by atoms with E-state index in [-0.39, 0.29) is 79.6 Å². The molecule has 8 atom stereocenters.